The molecule has 0 saturated heterocycles. The summed E-state index contributed by atoms with van der Waals surface area (Å²) in [4.78, 5) is 15.6. The number of carbonyl (C=O) groups excluding carboxylic acids is 1. The smallest absolute Gasteiger partial charge is 0.289 e. The van der Waals surface area contributed by atoms with Crippen LogP contribution in [0, 0.1) is 6.92 Å². The van der Waals surface area contributed by atoms with Crippen molar-refractivity contribution in [1.29, 1.82) is 0 Å². The Morgan fingerprint density at radius 2 is 2.17 bits per heavy atom. The van der Waals surface area contributed by atoms with E-state index in [-0.39, 0.29) is 23.7 Å². The van der Waals surface area contributed by atoms with E-state index in [1.54, 1.807) is 0 Å². The van der Waals surface area contributed by atoms with Gasteiger partial charge in [0, 0.05) is 0 Å². The molecule has 2 rings (SSSR count). The zero-order valence-electron chi connectivity index (χ0n) is 10.3. The number of nitrogen functional groups attached to an aromatic ring is 1. The van der Waals surface area contributed by atoms with Crippen LogP contribution < -0.4 is 11.1 Å². The zero-order valence-corrected chi connectivity index (χ0v) is 10.3. The average molecular weight is 245 g/mol. The Morgan fingerprint density at radius 1 is 1.44 bits per heavy atom. The van der Waals surface area contributed by atoms with Crippen molar-refractivity contribution in [3.63, 3.8) is 0 Å². The Balaban J connectivity index is 2.10. The number of carbonyl (C=O) groups is 1. The van der Waals surface area contributed by atoms with Crippen LogP contribution in [-0.4, -0.2) is 21.1 Å². The summed E-state index contributed by atoms with van der Waals surface area (Å²) < 4.78 is 0. The lowest BCUT2D eigenvalue weighted by atomic mass is 10.0. The molecule has 0 fully saturated rings. The molecule has 0 bridgehead atoms. The van der Waals surface area contributed by atoms with Gasteiger partial charge >= 0.3 is 0 Å². The third-order valence-electron chi connectivity index (χ3n) is 2.72. The van der Waals surface area contributed by atoms with E-state index in [1.165, 1.54) is 0 Å². The molecule has 18 heavy (non-hydrogen) atoms. The second kappa shape index (κ2) is 4.87. The molecule has 6 heteroatoms. The van der Waals surface area contributed by atoms with Gasteiger partial charge in [0.2, 0.25) is 11.8 Å². The van der Waals surface area contributed by atoms with Gasteiger partial charge in [-0.25, -0.2) is 0 Å². The maximum atomic E-state index is 11.9. The van der Waals surface area contributed by atoms with E-state index in [2.05, 4.69) is 20.5 Å². The fourth-order valence-electron chi connectivity index (χ4n) is 1.79. The number of aromatic nitrogens is 3. The number of rotatable bonds is 3. The molecule has 4 N–H and O–H groups in total. The monoisotopic (exact) mass is 245 g/mol. The summed E-state index contributed by atoms with van der Waals surface area (Å²) in [6, 6.07) is 7.78. The predicted molar refractivity (Wildman–Crippen MR) is 67.9 cm³/mol. The lowest BCUT2D eigenvalue weighted by Gasteiger charge is -2.15. The minimum Gasteiger partial charge on any atom is -0.366 e. The zero-order chi connectivity index (χ0) is 13.1. The molecule has 1 atom stereocenters. The van der Waals surface area contributed by atoms with Crippen molar-refractivity contribution in [2.45, 2.75) is 19.9 Å². The first-order chi connectivity index (χ1) is 8.58. The highest BCUT2D eigenvalue weighted by Gasteiger charge is 2.15. The van der Waals surface area contributed by atoms with Gasteiger partial charge in [-0.1, -0.05) is 24.3 Å². The molecule has 1 heterocycles. The van der Waals surface area contributed by atoms with Crippen molar-refractivity contribution in [3.05, 3.63) is 41.2 Å². The van der Waals surface area contributed by atoms with Crippen molar-refractivity contribution in [1.82, 2.24) is 20.5 Å². The molecule has 0 unspecified atom stereocenters. The van der Waals surface area contributed by atoms with Crippen LogP contribution in [0.15, 0.2) is 24.3 Å². The Kier molecular flexibility index (Phi) is 3.27. The molecule has 0 aliphatic rings. The SMILES string of the molecule is Cc1ccccc1[C@@H](C)NC(=O)c1nc(N)n[nH]1. The van der Waals surface area contributed by atoms with Gasteiger partial charge in [-0.3, -0.25) is 9.89 Å². The van der Waals surface area contributed by atoms with E-state index in [0.717, 1.165) is 11.1 Å². The van der Waals surface area contributed by atoms with E-state index in [0.29, 0.717) is 0 Å². The number of H-pyrrole nitrogens is 1. The Hall–Kier alpha value is -2.37. The van der Waals surface area contributed by atoms with Crippen LogP contribution in [0.3, 0.4) is 0 Å². The fourth-order valence-corrected chi connectivity index (χ4v) is 1.79. The van der Waals surface area contributed by atoms with E-state index in [1.807, 2.05) is 38.1 Å². The third kappa shape index (κ3) is 2.48. The highest BCUT2D eigenvalue weighted by Crippen LogP contribution is 2.16. The van der Waals surface area contributed by atoms with Crippen LogP contribution in [0.2, 0.25) is 0 Å². The molecule has 94 valence electrons. The van der Waals surface area contributed by atoms with Gasteiger partial charge in [-0.05, 0) is 25.0 Å². The molecule has 1 amide bonds. The van der Waals surface area contributed by atoms with Crippen LogP contribution in [0.25, 0.3) is 0 Å². The number of nitrogens with one attached hydrogen (secondary N) is 2. The highest BCUT2D eigenvalue weighted by atomic mass is 16.2. The van der Waals surface area contributed by atoms with Crippen molar-refractivity contribution in [2.75, 3.05) is 5.73 Å². The first kappa shape index (κ1) is 12.1. The van der Waals surface area contributed by atoms with Crippen molar-refractivity contribution < 1.29 is 4.79 Å². The maximum Gasteiger partial charge on any atom is 0.289 e. The van der Waals surface area contributed by atoms with Gasteiger partial charge < -0.3 is 11.1 Å². The van der Waals surface area contributed by atoms with Gasteiger partial charge in [0.05, 0.1) is 6.04 Å². The molecule has 1 aromatic heterocycles. The number of nitrogens with zero attached hydrogens (tertiary/aromatic N) is 2. The van der Waals surface area contributed by atoms with Gasteiger partial charge in [-0.15, -0.1) is 5.10 Å². The molecule has 1 aromatic carbocycles. The lowest BCUT2D eigenvalue weighted by molar-refractivity contribution is 0.0930. The minimum atomic E-state index is -0.324. The highest BCUT2D eigenvalue weighted by molar-refractivity contribution is 5.90. The van der Waals surface area contributed by atoms with Crippen molar-refractivity contribution in [2.24, 2.45) is 0 Å². The van der Waals surface area contributed by atoms with E-state index >= 15 is 0 Å². The van der Waals surface area contributed by atoms with E-state index in [4.69, 9.17) is 5.73 Å². The molecule has 0 spiro atoms. The second-order valence-corrected chi connectivity index (χ2v) is 4.09. The van der Waals surface area contributed by atoms with Crippen LogP contribution in [0.4, 0.5) is 5.95 Å². The quantitative estimate of drug-likeness (QED) is 0.756. The summed E-state index contributed by atoms with van der Waals surface area (Å²) >= 11 is 0. The predicted octanol–water partition coefficient (Wildman–Crippen LogP) is 1.19. The number of anilines is 1. The number of hydrogen-bond acceptors (Lipinski definition) is 4. The standard InChI is InChI=1S/C12H15N5O/c1-7-5-3-4-6-9(7)8(2)14-11(18)10-15-12(13)17-16-10/h3-6,8H,1-2H3,(H,14,18)(H3,13,15,16,17)/t8-/m1/s1. The van der Waals surface area contributed by atoms with Crippen LogP contribution in [0.5, 0.6) is 0 Å². The normalized spacial score (nSPS) is 12.1. The molecule has 2 aromatic rings. The number of amides is 1. The third-order valence-corrected chi connectivity index (χ3v) is 2.72. The Morgan fingerprint density at radius 3 is 2.78 bits per heavy atom. The van der Waals surface area contributed by atoms with Crippen LogP contribution in [-0.2, 0) is 0 Å². The molecular weight excluding hydrogens is 230 g/mol. The van der Waals surface area contributed by atoms with Gasteiger partial charge in [0.15, 0.2) is 0 Å². The number of hydrogen-bond donors (Lipinski definition) is 3. The molecule has 0 aliphatic carbocycles. The second-order valence-electron chi connectivity index (χ2n) is 4.09. The average Bonchev–Trinajstić information content (AvgIpc) is 2.76. The van der Waals surface area contributed by atoms with Crippen LogP contribution in [0.1, 0.15) is 34.7 Å². The molecule has 0 radical (unpaired) electrons. The molecular formula is C12H15N5O. The Bertz CT molecular complexity index is 563. The van der Waals surface area contributed by atoms with Crippen LogP contribution >= 0.6 is 0 Å². The topological polar surface area (TPSA) is 96.7 Å². The largest absolute Gasteiger partial charge is 0.366 e. The van der Waals surface area contributed by atoms with Crippen molar-refractivity contribution in [3.8, 4) is 0 Å². The first-order valence-electron chi connectivity index (χ1n) is 5.62. The summed E-state index contributed by atoms with van der Waals surface area (Å²) in [5.41, 5.74) is 7.54. The van der Waals surface area contributed by atoms with Gasteiger partial charge in [0.1, 0.15) is 0 Å². The molecule has 0 saturated carbocycles. The summed E-state index contributed by atoms with van der Waals surface area (Å²) in [7, 11) is 0. The number of aromatic amines is 1. The van der Waals surface area contributed by atoms with Crippen molar-refractivity contribution >= 4 is 11.9 Å². The lowest BCUT2D eigenvalue weighted by Crippen LogP contribution is -2.28. The summed E-state index contributed by atoms with van der Waals surface area (Å²) in [5, 5.41) is 8.93. The van der Waals surface area contributed by atoms with E-state index in [9.17, 15) is 4.79 Å². The maximum absolute atomic E-state index is 11.9. The summed E-state index contributed by atoms with van der Waals surface area (Å²) in [6.45, 7) is 3.92. The molecule has 6 nitrogen and oxygen atoms in total. The molecule has 0 aliphatic heterocycles. The fraction of sp³-hybridized carbons (Fsp3) is 0.250. The van der Waals surface area contributed by atoms with Gasteiger partial charge in [0.25, 0.3) is 5.91 Å². The van der Waals surface area contributed by atoms with Gasteiger partial charge in [-0.2, -0.15) is 4.98 Å². The minimum absolute atomic E-state index is 0.0590. The summed E-state index contributed by atoms with van der Waals surface area (Å²) in [6.07, 6.45) is 0. The first-order valence-corrected chi connectivity index (χ1v) is 5.62. The summed E-state index contributed by atoms with van der Waals surface area (Å²) in [5.74, 6) is -0.147. The number of nitrogens with two attached hydrogens (primary N) is 1. The number of aryl methyl sites for hydroxylation is 1. The number of benzene rings is 1. The van der Waals surface area contributed by atoms with E-state index < -0.39 is 0 Å². The Labute approximate surface area is 105 Å².